The molecule has 0 aliphatic carbocycles. The lowest BCUT2D eigenvalue weighted by Gasteiger charge is -2.31. The van der Waals surface area contributed by atoms with E-state index in [9.17, 15) is 4.79 Å². The molecule has 1 saturated heterocycles. The molecule has 3 rings (SSSR count). The maximum Gasteiger partial charge on any atom is 0.274 e. The summed E-state index contributed by atoms with van der Waals surface area (Å²) < 4.78 is 1.74. The van der Waals surface area contributed by atoms with Gasteiger partial charge < -0.3 is 4.90 Å². The van der Waals surface area contributed by atoms with Crippen molar-refractivity contribution in [3.8, 4) is 0 Å². The number of carbonyl (C=O) groups is 1. The zero-order valence-corrected chi connectivity index (χ0v) is 11.8. The van der Waals surface area contributed by atoms with Crippen LogP contribution in [0.15, 0.2) is 18.3 Å². The fourth-order valence-electron chi connectivity index (χ4n) is 2.74. The highest BCUT2D eigenvalue weighted by Crippen LogP contribution is 2.26. The van der Waals surface area contributed by atoms with Crippen LogP contribution < -0.4 is 0 Å². The van der Waals surface area contributed by atoms with Gasteiger partial charge in [-0.25, -0.2) is 0 Å². The second-order valence-electron chi connectivity index (χ2n) is 5.40. The van der Waals surface area contributed by atoms with Gasteiger partial charge in [0, 0.05) is 43.6 Å². The highest BCUT2D eigenvalue weighted by Gasteiger charge is 2.27. The van der Waals surface area contributed by atoms with Crippen LogP contribution in [-0.4, -0.2) is 43.9 Å². The van der Waals surface area contributed by atoms with Crippen LogP contribution in [-0.2, 0) is 7.05 Å². The number of amides is 1. The lowest BCUT2D eigenvalue weighted by atomic mass is 9.95. The van der Waals surface area contributed by atoms with Crippen molar-refractivity contribution in [1.82, 2.24) is 24.9 Å². The Labute approximate surface area is 117 Å². The normalized spacial score (nSPS) is 19.3. The number of hydrogen-bond donors (Lipinski definition) is 1. The van der Waals surface area contributed by atoms with Crippen LogP contribution in [0.1, 0.15) is 40.6 Å². The SMILES string of the molecule is Cc1cc(C(=O)N2CCCC(c3ccn[nH]3)C2)nn1C. The summed E-state index contributed by atoms with van der Waals surface area (Å²) in [4.78, 5) is 14.4. The van der Waals surface area contributed by atoms with Crippen molar-refractivity contribution in [3.63, 3.8) is 0 Å². The van der Waals surface area contributed by atoms with Crippen molar-refractivity contribution in [2.75, 3.05) is 13.1 Å². The second kappa shape index (κ2) is 5.11. The standard InChI is InChI=1S/C14H19N5O/c1-10-8-13(17-18(10)2)14(20)19-7-3-4-11(9-19)12-5-6-15-16-12/h5-6,8,11H,3-4,7,9H2,1-2H3,(H,15,16). The number of carbonyl (C=O) groups excluding carboxylic acids is 1. The number of aromatic amines is 1. The molecule has 1 atom stereocenters. The van der Waals surface area contributed by atoms with E-state index in [1.165, 1.54) is 0 Å². The van der Waals surface area contributed by atoms with Gasteiger partial charge in [0.15, 0.2) is 5.69 Å². The Morgan fingerprint density at radius 3 is 3.00 bits per heavy atom. The molecule has 1 N–H and O–H groups in total. The third-order valence-corrected chi connectivity index (χ3v) is 4.00. The summed E-state index contributed by atoms with van der Waals surface area (Å²) >= 11 is 0. The minimum Gasteiger partial charge on any atom is -0.337 e. The largest absolute Gasteiger partial charge is 0.337 e. The first-order chi connectivity index (χ1) is 9.65. The molecule has 2 aromatic heterocycles. The third-order valence-electron chi connectivity index (χ3n) is 4.00. The molecule has 1 amide bonds. The summed E-state index contributed by atoms with van der Waals surface area (Å²) in [6.45, 7) is 3.49. The number of nitrogens with one attached hydrogen (secondary N) is 1. The maximum absolute atomic E-state index is 12.5. The van der Waals surface area contributed by atoms with Gasteiger partial charge in [-0.3, -0.25) is 14.6 Å². The predicted molar refractivity (Wildman–Crippen MR) is 74.4 cm³/mol. The summed E-state index contributed by atoms with van der Waals surface area (Å²) in [6, 6.07) is 3.84. The lowest BCUT2D eigenvalue weighted by molar-refractivity contribution is 0.0699. The number of aryl methyl sites for hydroxylation is 2. The molecule has 0 aromatic carbocycles. The maximum atomic E-state index is 12.5. The first-order valence-corrected chi connectivity index (χ1v) is 6.94. The van der Waals surface area contributed by atoms with Crippen molar-refractivity contribution in [2.24, 2.45) is 7.05 Å². The predicted octanol–water partition coefficient (Wildman–Crippen LogP) is 1.47. The average Bonchev–Trinajstić information content (AvgIpc) is 3.09. The van der Waals surface area contributed by atoms with E-state index in [0.717, 1.165) is 37.3 Å². The molecule has 6 nitrogen and oxygen atoms in total. The Morgan fingerprint density at radius 2 is 2.35 bits per heavy atom. The van der Waals surface area contributed by atoms with Crippen LogP contribution in [0.3, 0.4) is 0 Å². The summed E-state index contributed by atoms with van der Waals surface area (Å²) in [5.41, 5.74) is 2.64. The molecule has 1 aliphatic heterocycles. The summed E-state index contributed by atoms with van der Waals surface area (Å²) in [7, 11) is 1.86. The van der Waals surface area contributed by atoms with Gasteiger partial charge in [-0.1, -0.05) is 0 Å². The van der Waals surface area contributed by atoms with Gasteiger partial charge in [0.05, 0.1) is 0 Å². The number of H-pyrrole nitrogens is 1. The Hall–Kier alpha value is -2.11. The van der Waals surface area contributed by atoms with Crippen LogP contribution >= 0.6 is 0 Å². The highest BCUT2D eigenvalue weighted by molar-refractivity contribution is 5.92. The zero-order chi connectivity index (χ0) is 14.1. The minimum atomic E-state index is 0.0258. The molecular weight excluding hydrogens is 254 g/mol. The lowest BCUT2D eigenvalue weighted by Crippen LogP contribution is -2.39. The molecule has 2 aromatic rings. The molecule has 6 heteroatoms. The van der Waals surface area contributed by atoms with Gasteiger partial charge in [0.1, 0.15) is 0 Å². The van der Waals surface area contributed by atoms with E-state index in [-0.39, 0.29) is 5.91 Å². The Balaban J connectivity index is 1.75. The number of likely N-dealkylation sites (tertiary alicyclic amines) is 1. The van der Waals surface area contributed by atoms with E-state index in [0.29, 0.717) is 11.6 Å². The van der Waals surface area contributed by atoms with Crippen molar-refractivity contribution in [1.29, 1.82) is 0 Å². The fourth-order valence-corrected chi connectivity index (χ4v) is 2.74. The number of nitrogens with zero attached hydrogens (tertiary/aromatic N) is 4. The van der Waals surface area contributed by atoms with Gasteiger partial charge >= 0.3 is 0 Å². The van der Waals surface area contributed by atoms with Crippen LogP contribution in [0, 0.1) is 6.92 Å². The molecule has 1 fully saturated rings. The monoisotopic (exact) mass is 273 g/mol. The number of rotatable bonds is 2. The summed E-state index contributed by atoms with van der Waals surface area (Å²) in [6.07, 6.45) is 3.87. The fraction of sp³-hybridized carbons (Fsp3) is 0.500. The first-order valence-electron chi connectivity index (χ1n) is 6.94. The van der Waals surface area contributed by atoms with Crippen molar-refractivity contribution in [2.45, 2.75) is 25.7 Å². The van der Waals surface area contributed by atoms with Crippen LogP contribution in [0.5, 0.6) is 0 Å². The average molecular weight is 273 g/mol. The Bertz CT molecular complexity index is 582. The Kier molecular flexibility index (Phi) is 3.30. The summed E-state index contributed by atoms with van der Waals surface area (Å²) in [5.74, 6) is 0.373. The van der Waals surface area contributed by atoms with Crippen LogP contribution in [0.2, 0.25) is 0 Å². The summed E-state index contributed by atoms with van der Waals surface area (Å²) in [5, 5.41) is 11.3. The van der Waals surface area contributed by atoms with Gasteiger partial charge in [0.2, 0.25) is 0 Å². The number of hydrogen-bond acceptors (Lipinski definition) is 3. The van der Waals surface area contributed by atoms with E-state index in [1.54, 1.807) is 10.9 Å². The molecule has 20 heavy (non-hydrogen) atoms. The van der Waals surface area contributed by atoms with Gasteiger partial charge in [0.25, 0.3) is 5.91 Å². The van der Waals surface area contributed by atoms with E-state index in [4.69, 9.17) is 0 Å². The molecular formula is C14H19N5O. The molecule has 106 valence electrons. The molecule has 0 saturated carbocycles. The van der Waals surface area contributed by atoms with Gasteiger partial charge in [-0.15, -0.1) is 0 Å². The minimum absolute atomic E-state index is 0.0258. The topological polar surface area (TPSA) is 66.8 Å². The first kappa shape index (κ1) is 12.9. The molecule has 0 spiro atoms. The van der Waals surface area contributed by atoms with E-state index in [2.05, 4.69) is 15.3 Å². The quantitative estimate of drug-likeness (QED) is 0.901. The smallest absolute Gasteiger partial charge is 0.274 e. The van der Waals surface area contributed by atoms with E-state index >= 15 is 0 Å². The van der Waals surface area contributed by atoms with Crippen molar-refractivity contribution >= 4 is 5.91 Å². The van der Waals surface area contributed by atoms with Gasteiger partial charge in [-0.2, -0.15) is 10.2 Å². The molecule has 0 bridgehead atoms. The highest BCUT2D eigenvalue weighted by atomic mass is 16.2. The second-order valence-corrected chi connectivity index (χ2v) is 5.40. The van der Waals surface area contributed by atoms with Crippen molar-refractivity contribution in [3.05, 3.63) is 35.4 Å². The van der Waals surface area contributed by atoms with Gasteiger partial charge in [-0.05, 0) is 31.9 Å². The van der Waals surface area contributed by atoms with E-state index < -0.39 is 0 Å². The third kappa shape index (κ3) is 2.33. The van der Waals surface area contributed by atoms with Crippen molar-refractivity contribution < 1.29 is 4.79 Å². The zero-order valence-electron chi connectivity index (χ0n) is 11.8. The van der Waals surface area contributed by atoms with Crippen LogP contribution in [0.25, 0.3) is 0 Å². The molecule has 1 unspecified atom stereocenters. The van der Waals surface area contributed by atoms with Crippen LogP contribution in [0.4, 0.5) is 0 Å². The van der Waals surface area contributed by atoms with E-state index in [1.807, 2.05) is 31.0 Å². The molecule has 0 radical (unpaired) electrons. The molecule has 1 aliphatic rings. The number of aromatic nitrogens is 4. The number of piperidine rings is 1. The molecule has 3 heterocycles. The Morgan fingerprint density at radius 1 is 1.50 bits per heavy atom.